The summed E-state index contributed by atoms with van der Waals surface area (Å²) in [6.45, 7) is 0.421. The molecule has 6 heteroatoms. The van der Waals surface area contributed by atoms with Gasteiger partial charge in [-0.25, -0.2) is 4.98 Å². The first-order valence-electron chi connectivity index (χ1n) is 5.33. The summed E-state index contributed by atoms with van der Waals surface area (Å²) in [4.78, 5) is 18.5. The Morgan fingerprint density at radius 2 is 2.22 bits per heavy atom. The van der Waals surface area contributed by atoms with E-state index in [4.69, 9.17) is 23.2 Å². The summed E-state index contributed by atoms with van der Waals surface area (Å²) in [5, 5.41) is 3.83. The normalized spacial score (nSPS) is 10.3. The Balaban J connectivity index is 1.91. The van der Waals surface area contributed by atoms with E-state index in [1.54, 1.807) is 30.7 Å². The standard InChI is InChI=1S/C12H11Cl2N3O/c13-9-2-1-8(11(14)4-9)3-12(18)16-6-10-5-15-7-17-10/h1-2,4-5,7H,3,6H2,(H,15,17)(H,16,18). The lowest BCUT2D eigenvalue weighted by molar-refractivity contribution is -0.120. The van der Waals surface area contributed by atoms with E-state index >= 15 is 0 Å². The minimum atomic E-state index is -0.103. The molecular formula is C12H11Cl2N3O. The van der Waals surface area contributed by atoms with Crippen molar-refractivity contribution in [2.45, 2.75) is 13.0 Å². The van der Waals surface area contributed by atoms with Crippen molar-refractivity contribution < 1.29 is 4.79 Å². The van der Waals surface area contributed by atoms with Gasteiger partial charge in [-0.1, -0.05) is 29.3 Å². The summed E-state index contributed by atoms with van der Waals surface area (Å²) in [6.07, 6.45) is 3.46. The summed E-state index contributed by atoms with van der Waals surface area (Å²) >= 11 is 11.8. The van der Waals surface area contributed by atoms with Crippen molar-refractivity contribution in [2.24, 2.45) is 0 Å². The third-order valence-corrected chi connectivity index (χ3v) is 2.98. The van der Waals surface area contributed by atoms with Crippen molar-refractivity contribution in [2.75, 3.05) is 0 Å². The summed E-state index contributed by atoms with van der Waals surface area (Å²) < 4.78 is 0. The maximum atomic E-state index is 11.7. The zero-order valence-electron chi connectivity index (χ0n) is 9.41. The highest BCUT2D eigenvalue weighted by atomic mass is 35.5. The van der Waals surface area contributed by atoms with Gasteiger partial charge in [0.1, 0.15) is 0 Å². The summed E-state index contributed by atoms with van der Waals surface area (Å²) in [7, 11) is 0. The van der Waals surface area contributed by atoms with Crippen molar-refractivity contribution in [1.82, 2.24) is 15.3 Å². The predicted octanol–water partition coefficient (Wildman–Crippen LogP) is 2.58. The van der Waals surface area contributed by atoms with E-state index in [0.29, 0.717) is 16.6 Å². The van der Waals surface area contributed by atoms with E-state index in [1.165, 1.54) is 0 Å². The molecule has 2 N–H and O–H groups in total. The van der Waals surface area contributed by atoms with E-state index < -0.39 is 0 Å². The maximum Gasteiger partial charge on any atom is 0.224 e. The lowest BCUT2D eigenvalue weighted by Crippen LogP contribution is -2.24. The number of nitrogens with zero attached hydrogens (tertiary/aromatic N) is 1. The summed E-state index contributed by atoms with van der Waals surface area (Å²) in [5.74, 6) is -0.103. The minimum absolute atomic E-state index is 0.103. The van der Waals surface area contributed by atoms with E-state index in [0.717, 1.165) is 11.3 Å². The van der Waals surface area contributed by atoms with Crippen molar-refractivity contribution in [1.29, 1.82) is 0 Å². The highest BCUT2D eigenvalue weighted by Crippen LogP contribution is 2.21. The molecule has 0 spiro atoms. The van der Waals surface area contributed by atoms with Gasteiger partial charge in [0.25, 0.3) is 0 Å². The third kappa shape index (κ3) is 3.48. The molecule has 1 amide bonds. The fourth-order valence-corrected chi connectivity index (χ4v) is 1.95. The van der Waals surface area contributed by atoms with Crippen LogP contribution in [0.5, 0.6) is 0 Å². The summed E-state index contributed by atoms with van der Waals surface area (Å²) in [5.41, 5.74) is 1.61. The van der Waals surface area contributed by atoms with Crippen LogP contribution in [0.2, 0.25) is 10.0 Å². The first kappa shape index (κ1) is 12.9. The highest BCUT2D eigenvalue weighted by molar-refractivity contribution is 6.35. The van der Waals surface area contributed by atoms with Crippen LogP contribution in [-0.2, 0) is 17.8 Å². The number of carbonyl (C=O) groups excluding carboxylic acids is 1. The van der Waals surface area contributed by atoms with Crippen molar-refractivity contribution in [3.63, 3.8) is 0 Å². The molecule has 94 valence electrons. The van der Waals surface area contributed by atoms with Crippen molar-refractivity contribution >= 4 is 29.1 Å². The molecule has 0 aliphatic rings. The largest absolute Gasteiger partial charge is 0.350 e. The van der Waals surface area contributed by atoms with Crippen LogP contribution in [0, 0.1) is 0 Å². The second-order valence-electron chi connectivity index (χ2n) is 3.77. The van der Waals surface area contributed by atoms with E-state index in [-0.39, 0.29) is 12.3 Å². The lowest BCUT2D eigenvalue weighted by atomic mass is 10.1. The van der Waals surface area contributed by atoms with Gasteiger partial charge in [0.2, 0.25) is 5.91 Å². The maximum absolute atomic E-state index is 11.7. The average molecular weight is 284 g/mol. The monoisotopic (exact) mass is 283 g/mol. The molecule has 0 bridgehead atoms. The smallest absolute Gasteiger partial charge is 0.224 e. The first-order chi connectivity index (χ1) is 8.65. The molecule has 0 aliphatic heterocycles. The van der Waals surface area contributed by atoms with Crippen LogP contribution in [0.1, 0.15) is 11.3 Å². The molecule has 1 heterocycles. The molecule has 0 radical (unpaired) electrons. The second kappa shape index (κ2) is 5.89. The Kier molecular flexibility index (Phi) is 4.23. The number of hydrogen-bond acceptors (Lipinski definition) is 2. The average Bonchev–Trinajstić information content (AvgIpc) is 2.83. The summed E-state index contributed by atoms with van der Waals surface area (Å²) in [6, 6.07) is 5.09. The number of benzene rings is 1. The second-order valence-corrected chi connectivity index (χ2v) is 4.61. The number of rotatable bonds is 4. The molecule has 4 nitrogen and oxygen atoms in total. The van der Waals surface area contributed by atoms with Gasteiger partial charge >= 0.3 is 0 Å². The van der Waals surface area contributed by atoms with Gasteiger partial charge in [0.05, 0.1) is 25.0 Å². The fraction of sp³-hybridized carbons (Fsp3) is 0.167. The Hall–Kier alpha value is -1.52. The number of aromatic amines is 1. The molecule has 0 atom stereocenters. The topological polar surface area (TPSA) is 57.8 Å². The van der Waals surface area contributed by atoms with Gasteiger partial charge in [-0.05, 0) is 17.7 Å². The van der Waals surface area contributed by atoms with Gasteiger partial charge in [-0.15, -0.1) is 0 Å². The highest BCUT2D eigenvalue weighted by Gasteiger charge is 2.07. The molecule has 18 heavy (non-hydrogen) atoms. The number of halogens is 2. The van der Waals surface area contributed by atoms with Crippen LogP contribution in [-0.4, -0.2) is 15.9 Å². The quantitative estimate of drug-likeness (QED) is 0.906. The van der Waals surface area contributed by atoms with E-state index in [2.05, 4.69) is 15.3 Å². The molecule has 1 aromatic heterocycles. The molecule has 0 saturated heterocycles. The Morgan fingerprint density at radius 3 is 2.89 bits per heavy atom. The van der Waals surface area contributed by atoms with Gasteiger partial charge in [-0.2, -0.15) is 0 Å². The number of amides is 1. The molecule has 0 aliphatic carbocycles. The Morgan fingerprint density at radius 1 is 1.39 bits per heavy atom. The Bertz CT molecular complexity index is 540. The zero-order valence-corrected chi connectivity index (χ0v) is 10.9. The van der Waals surface area contributed by atoms with Crippen LogP contribution >= 0.6 is 23.2 Å². The minimum Gasteiger partial charge on any atom is -0.350 e. The molecule has 1 aromatic carbocycles. The molecule has 0 saturated carbocycles. The predicted molar refractivity (Wildman–Crippen MR) is 70.6 cm³/mol. The number of aromatic nitrogens is 2. The zero-order chi connectivity index (χ0) is 13.0. The molecule has 2 aromatic rings. The Labute approximate surface area is 114 Å². The SMILES string of the molecule is O=C(Cc1ccc(Cl)cc1Cl)NCc1cnc[nH]1. The van der Waals surface area contributed by atoms with Crippen molar-refractivity contribution in [3.05, 3.63) is 52.0 Å². The fourth-order valence-electron chi connectivity index (χ4n) is 1.48. The number of H-pyrrole nitrogens is 1. The van der Waals surface area contributed by atoms with E-state index in [1.807, 2.05) is 0 Å². The van der Waals surface area contributed by atoms with Gasteiger partial charge < -0.3 is 10.3 Å². The van der Waals surface area contributed by atoms with Gasteiger partial charge in [0.15, 0.2) is 0 Å². The van der Waals surface area contributed by atoms with Gasteiger partial charge in [-0.3, -0.25) is 4.79 Å². The van der Waals surface area contributed by atoms with Crippen molar-refractivity contribution in [3.8, 4) is 0 Å². The van der Waals surface area contributed by atoms with Crippen LogP contribution in [0.4, 0.5) is 0 Å². The van der Waals surface area contributed by atoms with E-state index in [9.17, 15) is 4.79 Å². The van der Waals surface area contributed by atoms with Crippen LogP contribution < -0.4 is 5.32 Å². The lowest BCUT2D eigenvalue weighted by Gasteiger charge is -2.06. The first-order valence-corrected chi connectivity index (χ1v) is 6.08. The number of carbonyl (C=O) groups is 1. The number of imidazole rings is 1. The van der Waals surface area contributed by atoms with Crippen LogP contribution in [0.15, 0.2) is 30.7 Å². The number of nitrogens with one attached hydrogen (secondary N) is 2. The number of hydrogen-bond donors (Lipinski definition) is 2. The molecule has 2 rings (SSSR count). The molecular weight excluding hydrogens is 273 g/mol. The van der Waals surface area contributed by atoms with Crippen LogP contribution in [0.25, 0.3) is 0 Å². The molecule has 0 fully saturated rings. The third-order valence-electron chi connectivity index (χ3n) is 2.40. The van der Waals surface area contributed by atoms with Gasteiger partial charge in [0, 0.05) is 16.2 Å². The van der Waals surface area contributed by atoms with Crippen LogP contribution in [0.3, 0.4) is 0 Å². The molecule has 0 unspecified atom stereocenters.